The molecule has 39 heavy (non-hydrogen) atoms. The number of pyridine rings is 1. The van der Waals surface area contributed by atoms with Crippen LogP contribution in [0.25, 0.3) is 11.1 Å². The summed E-state index contributed by atoms with van der Waals surface area (Å²) in [6.45, 7) is 1.75. The summed E-state index contributed by atoms with van der Waals surface area (Å²) >= 11 is 0. The van der Waals surface area contributed by atoms with Crippen LogP contribution in [0, 0.1) is 12.7 Å². The van der Waals surface area contributed by atoms with Crippen molar-refractivity contribution in [3.05, 3.63) is 59.0 Å². The standard InChI is InChI=1S/C24H26F5N3O5S2/c1-15(7-12-38(3,34)35)31-22(33)23(26)8-10-32(11-9-23)39(36,37)20-14-30-21(24(27,28)29)13-18(20)17-5-4-6-19(25)16(17)2/h4-7,12-15H,8-11H2,1-3H3,(H,31,33)/b12-7-/t15-/m0/s1. The maximum Gasteiger partial charge on any atom is 0.433 e. The topological polar surface area (TPSA) is 114 Å². The van der Waals surface area contributed by atoms with Crippen LogP contribution in [0.15, 0.2) is 46.8 Å². The predicted octanol–water partition coefficient (Wildman–Crippen LogP) is 3.77. The average Bonchev–Trinajstić information content (AvgIpc) is 2.83. The van der Waals surface area contributed by atoms with Crippen LogP contribution >= 0.6 is 0 Å². The number of carbonyl (C=O) groups is 1. The molecule has 0 aliphatic carbocycles. The number of benzene rings is 1. The maximum atomic E-state index is 15.4. The highest BCUT2D eigenvalue weighted by molar-refractivity contribution is 7.93. The smallest absolute Gasteiger partial charge is 0.347 e. The van der Waals surface area contributed by atoms with Crippen molar-refractivity contribution in [3.8, 4) is 11.1 Å². The largest absolute Gasteiger partial charge is 0.433 e. The van der Waals surface area contributed by atoms with Gasteiger partial charge in [0.1, 0.15) is 16.4 Å². The summed E-state index contributed by atoms with van der Waals surface area (Å²) < 4.78 is 120. The second-order valence-electron chi connectivity index (χ2n) is 9.27. The molecule has 1 aliphatic rings. The third-order valence-electron chi connectivity index (χ3n) is 6.23. The molecule has 0 spiro atoms. The molecule has 1 aromatic carbocycles. The summed E-state index contributed by atoms with van der Waals surface area (Å²) in [6.07, 6.45) is -3.40. The number of alkyl halides is 4. The van der Waals surface area contributed by atoms with Gasteiger partial charge in [-0.3, -0.25) is 9.78 Å². The molecular formula is C24H26F5N3O5S2. The molecule has 214 valence electrons. The molecule has 1 atom stereocenters. The Kier molecular flexibility index (Phi) is 8.58. The number of aromatic nitrogens is 1. The van der Waals surface area contributed by atoms with E-state index in [0.717, 1.165) is 28.1 Å². The Labute approximate surface area is 222 Å². The van der Waals surface area contributed by atoms with Crippen LogP contribution in [0.4, 0.5) is 22.0 Å². The van der Waals surface area contributed by atoms with Crippen molar-refractivity contribution in [2.24, 2.45) is 0 Å². The number of rotatable bonds is 7. The van der Waals surface area contributed by atoms with Gasteiger partial charge < -0.3 is 5.32 Å². The second-order valence-corrected chi connectivity index (χ2v) is 13.1. The van der Waals surface area contributed by atoms with Gasteiger partial charge in [0, 0.05) is 55.4 Å². The van der Waals surface area contributed by atoms with Gasteiger partial charge in [-0.05, 0) is 37.1 Å². The Balaban J connectivity index is 1.90. The van der Waals surface area contributed by atoms with E-state index in [1.807, 2.05) is 0 Å². The minimum atomic E-state index is -4.90. The van der Waals surface area contributed by atoms with Gasteiger partial charge in [0.15, 0.2) is 15.5 Å². The third kappa shape index (κ3) is 7.00. The van der Waals surface area contributed by atoms with E-state index in [1.165, 1.54) is 26.0 Å². The number of piperidine rings is 1. The predicted molar refractivity (Wildman–Crippen MR) is 133 cm³/mol. The third-order valence-corrected chi connectivity index (χ3v) is 8.81. The number of sulfonamides is 1. The molecule has 1 amide bonds. The van der Waals surface area contributed by atoms with E-state index in [4.69, 9.17) is 0 Å². The van der Waals surface area contributed by atoms with Gasteiger partial charge in [0.05, 0.1) is 0 Å². The SMILES string of the molecule is Cc1c(F)cccc1-c1cc(C(F)(F)F)ncc1S(=O)(=O)N1CCC(F)(C(=O)N[C@@H](C)/C=C\S(C)(=O)=O)CC1. The summed E-state index contributed by atoms with van der Waals surface area (Å²) in [6, 6.07) is 3.27. The van der Waals surface area contributed by atoms with E-state index in [2.05, 4.69) is 10.3 Å². The Morgan fingerprint density at radius 1 is 1.15 bits per heavy atom. The van der Waals surface area contributed by atoms with Crippen molar-refractivity contribution in [1.82, 2.24) is 14.6 Å². The molecular weight excluding hydrogens is 569 g/mol. The zero-order valence-corrected chi connectivity index (χ0v) is 22.7. The molecule has 1 N–H and O–H groups in total. The lowest BCUT2D eigenvalue weighted by Crippen LogP contribution is -2.53. The highest BCUT2D eigenvalue weighted by Crippen LogP contribution is 2.38. The van der Waals surface area contributed by atoms with Gasteiger partial charge in [-0.1, -0.05) is 18.2 Å². The van der Waals surface area contributed by atoms with Crippen LogP contribution in [-0.4, -0.2) is 63.1 Å². The highest BCUT2D eigenvalue weighted by Gasteiger charge is 2.45. The molecule has 15 heteroatoms. The first-order chi connectivity index (χ1) is 17.8. The fraction of sp³-hybridized carbons (Fsp3) is 0.417. The van der Waals surface area contributed by atoms with Gasteiger partial charge in [-0.15, -0.1) is 0 Å². The Morgan fingerprint density at radius 3 is 2.33 bits per heavy atom. The fourth-order valence-electron chi connectivity index (χ4n) is 4.01. The lowest BCUT2D eigenvalue weighted by Gasteiger charge is -2.35. The minimum absolute atomic E-state index is 0.0783. The lowest BCUT2D eigenvalue weighted by molar-refractivity contribution is -0.141. The van der Waals surface area contributed by atoms with E-state index in [1.54, 1.807) is 0 Å². The molecule has 0 bridgehead atoms. The summed E-state index contributed by atoms with van der Waals surface area (Å²) in [5.41, 5.74) is -4.44. The van der Waals surface area contributed by atoms with Crippen molar-refractivity contribution < 1.29 is 43.6 Å². The van der Waals surface area contributed by atoms with Gasteiger partial charge in [0.25, 0.3) is 5.91 Å². The molecule has 8 nitrogen and oxygen atoms in total. The summed E-state index contributed by atoms with van der Waals surface area (Å²) in [7, 11) is -8.02. The number of hydrogen-bond acceptors (Lipinski definition) is 6. The van der Waals surface area contributed by atoms with Gasteiger partial charge in [-0.2, -0.15) is 17.5 Å². The van der Waals surface area contributed by atoms with Crippen molar-refractivity contribution in [1.29, 1.82) is 0 Å². The molecule has 1 fully saturated rings. The zero-order chi connectivity index (χ0) is 29.4. The van der Waals surface area contributed by atoms with Crippen molar-refractivity contribution in [2.75, 3.05) is 19.3 Å². The van der Waals surface area contributed by atoms with Crippen LogP contribution in [0.2, 0.25) is 0 Å². The van der Waals surface area contributed by atoms with Crippen LogP contribution < -0.4 is 5.32 Å². The number of carbonyl (C=O) groups excluding carboxylic acids is 1. The van der Waals surface area contributed by atoms with Crippen LogP contribution in [0.1, 0.15) is 31.0 Å². The van der Waals surface area contributed by atoms with Crippen molar-refractivity contribution >= 4 is 25.8 Å². The molecule has 0 radical (unpaired) electrons. The highest BCUT2D eigenvalue weighted by atomic mass is 32.2. The summed E-state index contributed by atoms with van der Waals surface area (Å²) in [4.78, 5) is 15.2. The molecule has 0 saturated carbocycles. The molecule has 3 rings (SSSR count). The number of hydrogen-bond donors (Lipinski definition) is 1. The fourth-order valence-corrected chi connectivity index (χ4v) is 6.10. The molecule has 2 aromatic rings. The average molecular weight is 596 g/mol. The monoisotopic (exact) mass is 595 g/mol. The van der Waals surface area contributed by atoms with Gasteiger partial charge >= 0.3 is 6.18 Å². The van der Waals surface area contributed by atoms with E-state index >= 15 is 4.39 Å². The van der Waals surface area contributed by atoms with Crippen molar-refractivity contribution in [3.63, 3.8) is 0 Å². The number of sulfone groups is 1. The first-order valence-electron chi connectivity index (χ1n) is 11.6. The van der Waals surface area contributed by atoms with Gasteiger partial charge in [0.2, 0.25) is 10.0 Å². The Hall–Kier alpha value is -2.91. The Morgan fingerprint density at radius 2 is 1.77 bits per heavy atom. The first-order valence-corrected chi connectivity index (χ1v) is 15.0. The molecule has 1 aliphatic heterocycles. The summed E-state index contributed by atoms with van der Waals surface area (Å²) in [5, 5.41) is 3.18. The normalized spacial score (nSPS) is 17.7. The van der Waals surface area contributed by atoms with E-state index in [9.17, 15) is 39.2 Å². The minimum Gasteiger partial charge on any atom is -0.347 e. The molecule has 1 aromatic heterocycles. The lowest BCUT2D eigenvalue weighted by atomic mass is 9.93. The maximum absolute atomic E-state index is 15.4. The number of halogens is 5. The van der Waals surface area contributed by atoms with Crippen LogP contribution in [0.5, 0.6) is 0 Å². The molecule has 2 heterocycles. The van der Waals surface area contributed by atoms with E-state index in [0.29, 0.717) is 12.3 Å². The second kappa shape index (κ2) is 10.9. The first kappa shape index (κ1) is 30.6. The van der Waals surface area contributed by atoms with Gasteiger partial charge in [-0.25, -0.2) is 25.6 Å². The zero-order valence-electron chi connectivity index (χ0n) is 21.1. The van der Waals surface area contributed by atoms with Crippen LogP contribution in [-0.2, 0) is 30.8 Å². The van der Waals surface area contributed by atoms with Crippen molar-refractivity contribution in [2.45, 2.75) is 49.5 Å². The van der Waals surface area contributed by atoms with E-state index in [-0.39, 0.29) is 11.1 Å². The molecule has 0 unspecified atom stereocenters. The number of nitrogens with one attached hydrogen (secondary N) is 1. The number of nitrogens with zero attached hydrogens (tertiary/aromatic N) is 2. The van der Waals surface area contributed by atoms with E-state index < -0.39 is 91.6 Å². The Bertz CT molecular complexity index is 1500. The summed E-state index contributed by atoms with van der Waals surface area (Å²) in [5.74, 6) is -1.81. The number of amides is 1. The quantitative estimate of drug-likeness (QED) is 0.488. The van der Waals surface area contributed by atoms with Crippen LogP contribution in [0.3, 0.4) is 0 Å². The molecule has 1 saturated heterocycles.